The van der Waals surface area contributed by atoms with Gasteiger partial charge < -0.3 is 0 Å². The average Bonchev–Trinajstić information content (AvgIpc) is 1.35. The third kappa shape index (κ3) is 4.50. The Morgan fingerprint density at radius 2 is 1.50 bits per heavy atom. The maximum atomic E-state index is 4.94. The van der Waals surface area contributed by atoms with E-state index in [0.29, 0.717) is 0 Å². The molecule has 0 aromatic carbocycles. The molecule has 0 aliphatic heterocycles. The molecular weight excluding hydrogens is 137 g/mol. The zero-order chi connectivity index (χ0) is 5.21. The minimum atomic E-state index is 0.0417. The molecule has 0 fully saturated rings. The van der Waals surface area contributed by atoms with Gasteiger partial charge in [0, 0.05) is 0 Å². The monoisotopic (exact) mass is 147 g/mol. The number of hydrogen-bond donors (Lipinski definition) is 0. The summed E-state index contributed by atoms with van der Waals surface area (Å²) in [5.74, 6) is 0. The van der Waals surface area contributed by atoms with Gasteiger partial charge in [0.1, 0.15) is 0 Å². The predicted molar refractivity (Wildman–Crippen MR) is 26.6 cm³/mol. The topological polar surface area (TPSA) is 9.23 Å². The van der Waals surface area contributed by atoms with Crippen molar-refractivity contribution in [2.45, 2.75) is 26.4 Å². The Balaban J connectivity index is 3.17. The van der Waals surface area contributed by atoms with Crippen LogP contribution < -0.4 is 0 Å². The molecule has 0 aliphatic carbocycles. The summed E-state index contributed by atoms with van der Waals surface area (Å²) < 4.78 is 4.94. The van der Waals surface area contributed by atoms with Gasteiger partial charge in [-0.2, -0.15) is 0 Å². The van der Waals surface area contributed by atoms with Crippen LogP contribution in [0.15, 0.2) is 0 Å². The third-order valence-electron chi connectivity index (χ3n) is 0.306. The fraction of sp³-hybridized carbons (Fsp3) is 1.00. The van der Waals surface area contributed by atoms with E-state index in [0.717, 1.165) is 0 Å². The molecule has 0 amide bonds. The standard InChI is InChI=1S/C4H9GeO/c1-4(2,3)6-5/h1-3H3. The van der Waals surface area contributed by atoms with Crippen LogP contribution in [0.3, 0.4) is 0 Å². The van der Waals surface area contributed by atoms with Crippen molar-refractivity contribution >= 4 is 16.9 Å². The van der Waals surface area contributed by atoms with Crippen molar-refractivity contribution in [3.63, 3.8) is 0 Å². The van der Waals surface area contributed by atoms with Gasteiger partial charge in [-0.15, -0.1) is 0 Å². The zero-order valence-electron chi connectivity index (χ0n) is 4.41. The van der Waals surface area contributed by atoms with Gasteiger partial charge in [-0.3, -0.25) is 0 Å². The molecule has 0 N–H and O–H groups in total. The van der Waals surface area contributed by atoms with Crippen LogP contribution in [0, 0.1) is 0 Å². The molecule has 0 bridgehead atoms. The summed E-state index contributed by atoms with van der Waals surface area (Å²) in [4.78, 5) is 0. The molecule has 0 aromatic heterocycles. The Kier molecular flexibility index (Phi) is 2.15. The summed E-state index contributed by atoms with van der Waals surface area (Å²) in [5, 5.41) is 0. The molecule has 35 valence electrons. The average molecular weight is 146 g/mol. The van der Waals surface area contributed by atoms with E-state index in [2.05, 4.69) is 0 Å². The first-order valence-corrected chi connectivity index (χ1v) is 2.76. The Morgan fingerprint density at radius 3 is 1.50 bits per heavy atom. The van der Waals surface area contributed by atoms with Gasteiger partial charge in [-0.25, -0.2) is 0 Å². The van der Waals surface area contributed by atoms with Gasteiger partial charge in [-0.05, 0) is 0 Å². The Bertz CT molecular complexity index is 37.3. The second-order valence-corrected chi connectivity index (χ2v) is 2.64. The third-order valence-corrected chi connectivity index (χ3v) is 1.59. The van der Waals surface area contributed by atoms with Crippen LogP contribution in [-0.2, 0) is 3.76 Å². The molecule has 6 heavy (non-hydrogen) atoms. The normalized spacial score (nSPS) is 12.0. The summed E-state index contributed by atoms with van der Waals surface area (Å²) in [7, 11) is 0. The van der Waals surface area contributed by atoms with Crippen LogP contribution in [0.5, 0.6) is 0 Å². The van der Waals surface area contributed by atoms with E-state index < -0.39 is 0 Å². The van der Waals surface area contributed by atoms with E-state index >= 15 is 0 Å². The first-order chi connectivity index (χ1) is 2.56. The molecule has 0 heterocycles. The Labute approximate surface area is 47.6 Å². The van der Waals surface area contributed by atoms with Crippen LogP contribution in [0.1, 0.15) is 20.8 Å². The van der Waals surface area contributed by atoms with Crippen molar-refractivity contribution < 1.29 is 3.76 Å². The first kappa shape index (κ1) is 6.50. The van der Waals surface area contributed by atoms with Crippen molar-refractivity contribution in [1.82, 2.24) is 0 Å². The Morgan fingerprint density at radius 1 is 1.33 bits per heavy atom. The molecule has 0 aliphatic rings. The SMILES string of the molecule is CC(C)(C)[O][Ge]. The fourth-order valence-electron chi connectivity index (χ4n) is 0. The molecule has 3 radical (unpaired) electrons. The molecular formula is C4H9GeO. The van der Waals surface area contributed by atoms with Crippen LogP contribution in [0.4, 0.5) is 0 Å². The van der Waals surface area contributed by atoms with Crippen LogP contribution in [0.25, 0.3) is 0 Å². The van der Waals surface area contributed by atoms with E-state index in [9.17, 15) is 0 Å². The van der Waals surface area contributed by atoms with Gasteiger partial charge in [0.05, 0.1) is 0 Å². The molecule has 0 saturated heterocycles. The van der Waals surface area contributed by atoms with E-state index in [1.165, 1.54) is 0 Å². The van der Waals surface area contributed by atoms with Crippen LogP contribution >= 0.6 is 0 Å². The van der Waals surface area contributed by atoms with E-state index in [-0.39, 0.29) is 5.60 Å². The number of rotatable bonds is 0. The van der Waals surface area contributed by atoms with E-state index in [1.807, 2.05) is 20.8 Å². The summed E-state index contributed by atoms with van der Waals surface area (Å²) in [6.07, 6.45) is 0. The zero-order valence-corrected chi connectivity index (χ0v) is 6.51. The second-order valence-electron chi connectivity index (χ2n) is 2.21. The number of hydrogen-bond acceptors (Lipinski definition) is 1. The van der Waals surface area contributed by atoms with Gasteiger partial charge in [0.25, 0.3) is 0 Å². The molecule has 0 aromatic rings. The predicted octanol–water partition coefficient (Wildman–Crippen LogP) is 0.885. The summed E-state index contributed by atoms with van der Waals surface area (Å²) >= 11 is 1.71. The molecule has 0 rings (SSSR count). The molecule has 1 nitrogen and oxygen atoms in total. The molecule has 0 unspecified atom stereocenters. The van der Waals surface area contributed by atoms with Crippen molar-refractivity contribution in [1.29, 1.82) is 0 Å². The van der Waals surface area contributed by atoms with Crippen molar-refractivity contribution in [3.8, 4) is 0 Å². The second kappa shape index (κ2) is 1.98. The van der Waals surface area contributed by atoms with Gasteiger partial charge >= 0.3 is 47.0 Å². The molecule has 0 atom stereocenters. The van der Waals surface area contributed by atoms with Crippen molar-refractivity contribution in [2.75, 3.05) is 0 Å². The summed E-state index contributed by atoms with van der Waals surface area (Å²) in [5.41, 5.74) is 0.0417. The van der Waals surface area contributed by atoms with Crippen LogP contribution in [-0.4, -0.2) is 22.5 Å². The van der Waals surface area contributed by atoms with E-state index in [1.54, 1.807) is 16.9 Å². The van der Waals surface area contributed by atoms with Gasteiger partial charge in [0.15, 0.2) is 0 Å². The van der Waals surface area contributed by atoms with E-state index in [4.69, 9.17) is 3.76 Å². The van der Waals surface area contributed by atoms with Crippen LogP contribution in [0.2, 0.25) is 0 Å². The minimum absolute atomic E-state index is 0.0417. The summed E-state index contributed by atoms with van der Waals surface area (Å²) in [6, 6.07) is 0. The molecule has 2 heteroatoms. The Hall–Kier alpha value is 0.503. The molecule has 0 saturated carbocycles. The van der Waals surface area contributed by atoms with Gasteiger partial charge in [0.2, 0.25) is 0 Å². The van der Waals surface area contributed by atoms with Crippen molar-refractivity contribution in [3.05, 3.63) is 0 Å². The first-order valence-electron chi connectivity index (χ1n) is 1.91. The quantitative estimate of drug-likeness (QED) is 0.460. The van der Waals surface area contributed by atoms with Gasteiger partial charge in [-0.1, -0.05) is 0 Å². The molecule has 0 spiro atoms. The fourth-order valence-corrected chi connectivity index (χ4v) is 0. The maximum absolute atomic E-state index is 4.94. The summed E-state index contributed by atoms with van der Waals surface area (Å²) in [6.45, 7) is 6.06. The van der Waals surface area contributed by atoms with Crippen molar-refractivity contribution in [2.24, 2.45) is 0 Å².